The lowest BCUT2D eigenvalue weighted by atomic mass is 9.95. The smallest absolute Gasteiger partial charge is 0.299 e. The minimum atomic E-state index is -0.248. The highest BCUT2D eigenvalue weighted by molar-refractivity contribution is 6.31. The van der Waals surface area contributed by atoms with Gasteiger partial charge in [-0.3, -0.25) is 9.47 Å². The van der Waals surface area contributed by atoms with Crippen molar-refractivity contribution in [1.82, 2.24) is 19.2 Å². The maximum Gasteiger partial charge on any atom is 0.345 e. The molecule has 2 aromatic rings. The molecule has 25 heavy (non-hydrogen) atoms. The number of piperidine rings is 1. The summed E-state index contributed by atoms with van der Waals surface area (Å²) in [4.78, 5) is 14.5. The number of hydrogen-bond acceptors (Lipinski definition) is 3. The van der Waals surface area contributed by atoms with E-state index in [0.29, 0.717) is 29.1 Å². The molecule has 134 valence electrons. The molecule has 2 heterocycles. The summed E-state index contributed by atoms with van der Waals surface area (Å²) in [7, 11) is 1.72. The zero-order valence-electron chi connectivity index (χ0n) is 14.3. The zero-order valence-corrected chi connectivity index (χ0v) is 15.0. The maximum absolute atomic E-state index is 14.0. The van der Waals surface area contributed by atoms with Crippen LogP contribution in [-0.4, -0.2) is 32.3 Å². The van der Waals surface area contributed by atoms with Gasteiger partial charge in [-0.15, -0.1) is 0 Å². The predicted molar refractivity (Wildman–Crippen MR) is 94.4 cm³/mol. The van der Waals surface area contributed by atoms with Gasteiger partial charge < -0.3 is 0 Å². The van der Waals surface area contributed by atoms with E-state index in [1.807, 2.05) is 4.57 Å². The summed E-state index contributed by atoms with van der Waals surface area (Å²) < 4.78 is 17.3. The molecule has 1 saturated heterocycles. The van der Waals surface area contributed by atoms with E-state index >= 15 is 0 Å². The van der Waals surface area contributed by atoms with Crippen LogP contribution in [0.3, 0.4) is 0 Å². The van der Waals surface area contributed by atoms with E-state index in [2.05, 4.69) is 10.00 Å². The number of halogens is 2. The van der Waals surface area contributed by atoms with Crippen molar-refractivity contribution < 1.29 is 4.39 Å². The molecule has 1 aliphatic carbocycles. The van der Waals surface area contributed by atoms with E-state index in [1.165, 1.54) is 10.7 Å². The van der Waals surface area contributed by atoms with Crippen LogP contribution in [0.15, 0.2) is 23.0 Å². The van der Waals surface area contributed by atoms with Gasteiger partial charge in [0, 0.05) is 36.1 Å². The monoisotopic (exact) mass is 364 g/mol. The Bertz CT molecular complexity index is 814. The molecule has 0 N–H and O–H groups in total. The van der Waals surface area contributed by atoms with Crippen molar-refractivity contribution in [2.45, 2.75) is 44.2 Å². The van der Waals surface area contributed by atoms with Gasteiger partial charge in [0.05, 0.1) is 0 Å². The number of aryl methyl sites for hydroxylation is 1. The van der Waals surface area contributed by atoms with Crippen LogP contribution in [0.5, 0.6) is 0 Å². The molecule has 0 atom stereocenters. The Hall–Kier alpha value is -1.66. The molecule has 1 aromatic carbocycles. The van der Waals surface area contributed by atoms with Crippen LogP contribution in [0.2, 0.25) is 5.02 Å². The summed E-state index contributed by atoms with van der Waals surface area (Å²) in [6.07, 6.45) is 4.00. The summed E-state index contributed by atoms with van der Waals surface area (Å²) in [6.45, 7) is 2.23. The average molecular weight is 365 g/mol. The zero-order chi connectivity index (χ0) is 17.6. The second-order valence-electron chi connectivity index (χ2n) is 7.12. The molecule has 5 nitrogen and oxygen atoms in total. The van der Waals surface area contributed by atoms with Gasteiger partial charge in [0.1, 0.15) is 11.6 Å². The number of nitrogens with zero attached hydrogens (tertiary/aromatic N) is 4. The first-order chi connectivity index (χ1) is 12.0. The lowest BCUT2D eigenvalue weighted by Gasteiger charge is -2.31. The average Bonchev–Trinajstić information content (AvgIpc) is 3.38. The van der Waals surface area contributed by atoms with Crippen molar-refractivity contribution in [3.8, 4) is 0 Å². The van der Waals surface area contributed by atoms with Crippen molar-refractivity contribution in [2.75, 3.05) is 13.1 Å². The molecule has 4 rings (SSSR count). The topological polar surface area (TPSA) is 43.1 Å². The molecule has 0 amide bonds. The number of likely N-dealkylation sites (tertiary alicyclic amines) is 1. The molecule has 2 aliphatic rings. The lowest BCUT2D eigenvalue weighted by molar-refractivity contribution is 0.197. The summed E-state index contributed by atoms with van der Waals surface area (Å²) >= 11 is 6.14. The first-order valence-electron chi connectivity index (χ1n) is 8.85. The van der Waals surface area contributed by atoms with Gasteiger partial charge in [-0.25, -0.2) is 13.9 Å². The van der Waals surface area contributed by atoms with Crippen LogP contribution in [0, 0.1) is 5.82 Å². The first kappa shape index (κ1) is 16.8. The van der Waals surface area contributed by atoms with Gasteiger partial charge in [-0.05, 0) is 50.9 Å². The Kier molecular flexibility index (Phi) is 4.41. The lowest BCUT2D eigenvalue weighted by Crippen LogP contribution is -2.34. The van der Waals surface area contributed by atoms with Gasteiger partial charge in [-0.2, -0.15) is 5.10 Å². The fraction of sp³-hybridized carbons (Fsp3) is 0.556. The molecule has 1 aromatic heterocycles. The quantitative estimate of drug-likeness (QED) is 0.837. The van der Waals surface area contributed by atoms with Crippen LogP contribution in [-0.2, 0) is 13.6 Å². The van der Waals surface area contributed by atoms with Crippen molar-refractivity contribution in [3.05, 3.63) is 50.9 Å². The van der Waals surface area contributed by atoms with Crippen molar-refractivity contribution in [1.29, 1.82) is 0 Å². The minimum Gasteiger partial charge on any atom is -0.299 e. The van der Waals surface area contributed by atoms with Crippen LogP contribution in [0.1, 0.15) is 49.0 Å². The Morgan fingerprint density at radius 3 is 2.60 bits per heavy atom. The third-order valence-electron chi connectivity index (χ3n) is 5.29. The van der Waals surface area contributed by atoms with Crippen molar-refractivity contribution in [2.24, 2.45) is 7.05 Å². The highest BCUT2D eigenvalue weighted by Crippen LogP contribution is 2.37. The number of rotatable bonds is 4. The molecular formula is C18H22ClFN4O. The molecular weight excluding hydrogens is 343 g/mol. The van der Waals surface area contributed by atoms with Crippen molar-refractivity contribution in [3.63, 3.8) is 0 Å². The number of hydrogen-bond donors (Lipinski definition) is 0. The van der Waals surface area contributed by atoms with Gasteiger partial charge in [0.15, 0.2) is 0 Å². The normalized spacial score (nSPS) is 19.5. The second kappa shape index (κ2) is 6.57. The van der Waals surface area contributed by atoms with Gasteiger partial charge in [-0.1, -0.05) is 17.7 Å². The SMILES string of the molecule is Cn1nc(C2CCN(Cc3c(F)cccc3Cl)CC2)n(C2CC2)c1=O. The maximum atomic E-state index is 14.0. The van der Waals surface area contributed by atoms with E-state index in [0.717, 1.165) is 44.6 Å². The molecule has 0 unspecified atom stereocenters. The third kappa shape index (κ3) is 3.25. The van der Waals surface area contributed by atoms with Gasteiger partial charge >= 0.3 is 5.69 Å². The predicted octanol–water partition coefficient (Wildman–Crippen LogP) is 3.09. The van der Waals surface area contributed by atoms with Gasteiger partial charge in [0.2, 0.25) is 0 Å². The fourth-order valence-electron chi connectivity index (χ4n) is 3.71. The minimum absolute atomic E-state index is 0.00179. The van der Waals surface area contributed by atoms with Crippen LogP contribution in [0.4, 0.5) is 4.39 Å². The van der Waals surface area contributed by atoms with Gasteiger partial charge in [0.25, 0.3) is 0 Å². The molecule has 7 heteroatoms. The van der Waals surface area contributed by atoms with E-state index in [-0.39, 0.29) is 11.5 Å². The third-order valence-corrected chi connectivity index (χ3v) is 5.64. The molecule has 2 fully saturated rings. The summed E-state index contributed by atoms with van der Waals surface area (Å²) in [5.41, 5.74) is 0.563. The largest absolute Gasteiger partial charge is 0.345 e. The Balaban J connectivity index is 1.46. The van der Waals surface area contributed by atoms with Crippen LogP contribution >= 0.6 is 11.6 Å². The molecule has 0 radical (unpaired) electrons. The molecule has 1 aliphatic heterocycles. The fourth-order valence-corrected chi connectivity index (χ4v) is 3.93. The number of aromatic nitrogens is 3. The Morgan fingerprint density at radius 1 is 1.24 bits per heavy atom. The van der Waals surface area contributed by atoms with E-state index < -0.39 is 0 Å². The Morgan fingerprint density at radius 2 is 1.96 bits per heavy atom. The summed E-state index contributed by atoms with van der Waals surface area (Å²) in [5, 5.41) is 4.98. The molecule has 0 spiro atoms. The highest BCUT2D eigenvalue weighted by atomic mass is 35.5. The second-order valence-corrected chi connectivity index (χ2v) is 7.52. The Labute approximate surface area is 151 Å². The molecule has 0 bridgehead atoms. The van der Waals surface area contributed by atoms with E-state index in [4.69, 9.17) is 11.6 Å². The highest BCUT2D eigenvalue weighted by Gasteiger charge is 2.33. The van der Waals surface area contributed by atoms with Crippen LogP contribution in [0.25, 0.3) is 0 Å². The molecule has 1 saturated carbocycles. The standard InChI is InChI=1S/C18H22ClFN4O/c1-22-18(25)24(13-5-6-13)17(21-22)12-7-9-23(10-8-12)11-14-15(19)3-2-4-16(14)20/h2-4,12-13H,5-11H2,1H3. The number of benzene rings is 1. The first-order valence-corrected chi connectivity index (χ1v) is 9.23. The summed E-state index contributed by atoms with van der Waals surface area (Å²) in [5.74, 6) is 0.974. The van der Waals surface area contributed by atoms with E-state index in [1.54, 1.807) is 19.2 Å². The summed E-state index contributed by atoms with van der Waals surface area (Å²) in [6, 6.07) is 5.16. The van der Waals surface area contributed by atoms with E-state index in [9.17, 15) is 9.18 Å². The van der Waals surface area contributed by atoms with Crippen LogP contribution < -0.4 is 5.69 Å². The van der Waals surface area contributed by atoms with Crippen molar-refractivity contribution >= 4 is 11.6 Å².